The third-order valence-electron chi connectivity index (χ3n) is 5.66. The van der Waals surface area contributed by atoms with Crippen molar-refractivity contribution in [1.82, 2.24) is 4.90 Å². The second-order valence-electron chi connectivity index (χ2n) is 7.18. The fourth-order valence-corrected chi connectivity index (χ4v) is 4.27. The normalized spacial score (nSPS) is 23.8. The number of rotatable bonds is 3. The van der Waals surface area contributed by atoms with E-state index in [0.29, 0.717) is 12.0 Å². The minimum atomic E-state index is 0.506. The van der Waals surface area contributed by atoms with Gasteiger partial charge in [0, 0.05) is 23.0 Å². The van der Waals surface area contributed by atoms with Crippen molar-refractivity contribution in [3.8, 4) is 0 Å². The molecular formula is C21H24ClN. The fourth-order valence-electron chi connectivity index (χ4n) is 4.16. The predicted molar refractivity (Wildman–Crippen MR) is 97.2 cm³/mol. The van der Waals surface area contributed by atoms with E-state index in [0.717, 1.165) is 11.1 Å². The monoisotopic (exact) mass is 325 g/mol. The SMILES string of the molecule is Cc1cc(C2CCC(N(C)C3CC3)c3ccccc32)ccc1Cl. The smallest absolute Gasteiger partial charge is 0.0435 e. The highest BCUT2D eigenvalue weighted by atomic mass is 35.5. The van der Waals surface area contributed by atoms with Gasteiger partial charge in [0.05, 0.1) is 0 Å². The molecule has 1 nitrogen and oxygen atoms in total. The van der Waals surface area contributed by atoms with Crippen LogP contribution >= 0.6 is 11.6 Å². The van der Waals surface area contributed by atoms with Crippen molar-refractivity contribution in [3.05, 3.63) is 69.7 Å². The summed E-state index contributed by atoms with van der Waals surface area (Å²) < 4.78 is 0. The molecule has 2 aromatic carbocycles. The van der Waals surface area contributed by atoms with Crippen molar-refractivity contribution < 1.29 is 0 Å². The van der Waals surface area contributed by atoms with Crippen LogP contribution in [0, 0.1) is 6.92 Å². The summed E-state index contributed by atoms with van der Waals surface area (Å²) in [4.78, 5) is 2.61. The molecule has 0 saturated heterocycles. The first kappa shape index (κ1) is 15.2. The highest BCUT2D eigenvalue weighted by Crippen LogP contribution is 2.46. The van der Waals surface area contributed by atoms with Crippen molar-refractivity contribution in [2.45, 2.75) is 50.6 Å². The van der Waals surface area contributed by atoms with Gasteiger partial charge in [0.2, 0.25) is 0 Å². The van der Waals surface area contributed by atoms with Crippen molar-refractivity contribution >= 4 is 11.6 Å². The summed E-state index contributed by atoms with van der Waals surface area (Å²) in [5, 5.41) is 0.865. The Morgan fingerprint density at radius 3 is 2.39 bits per heavy atom. The Balaban J connectivity index is 1.72. The van der Waals surface area contributed by atoms with Gasteiger partial charge in [0.25, 0.3) is 0 Å². The Hall–Kier alpha value is -1.31. The summed E-state index contributed by atoms with van der Waals surface area (Å²) in [6.45, 7) is 2.10. The van der Waals surface area contributed by atoms with Gasteiger partial charge in [-0.1, -0.05) is 48.0 Å². The Morgan fingerprint density at radius 1 is 0.957 bits per heavy atom. The van der Waals surface area contributed by atoms with E-state index in [2.05, 4.69) is 61.3 Å². The molecule has 4 rings (SSSR count). The van der Waals surface area contributed by atoms with E-state index in [9.17, 15) is 0 Å². The lowest BCUT2D eigenvalue weighted by atomic mass is 9.76. The summed E-state index contributed by atoms with van der Waals surface area (Å²) >= 11 is 6.22. The van der Waals surface area contributed by atoms with E-state index < -0.39 is 0 Å². The van der Waals surface area contributed by atoms with Gasteiger partial charge in [-0.3, -0.25) is 4.90 Å². The minimum Gasteiger partial charge on any atom is -0.296 e. The number of nitrogens with zero attached hydrogens (tertiary/aromatic N) is 1. The first-order chi connectivity index (χ1) is 11.1. The maximum absolute atomic E-state index is 6.22. The van der Waals surface area contributed by atoms with Gasteiger partial charge < -0.3 is 0 Å². The number of benzene rings is 2. The lowest BCUT2D eigenvalue weighted by Crippen LogP contribution is -2.30. The Labute approximate surface area is 144 Å². The van der Waals surface area contributed by atoms with E-state index in [4.69, 9.17) is 11.6 Å². The van der Waals surface area contributed by atoms with Gasteiger partial charge in [0.1, 0.15) is 0 Å². The average molecular weight is 326 g/mol. The van der Waals surface area contributed by atoms with E-state index in [-0.39, 0.29) is 0 Å². The zero-order valence-electron chi connectivity index (χ0n) is 13.9. The standard InChI is InChI=1S/C21H24ClN/c1-14-13-15(7-11-20(14)22)17-10-12-21(23(2)16-8-9-16)19-6-4-3-5-18(17)19/h3-7,11,13,16-17,21H,8-10,12H2,1-2H3. The van der Waals surface area contributed by atoms with Gasteiger partial charge in [-0.25, -0.2) is 0 Å². The van der Waals surface area contributed by atoms with Gasteiger partial charge in [-0.15, -0.1) is 0 Å². The van der Waals surface area contributed by atoms with E-state index in [1.54, 1.807) is 0 Å². The number of hydrogen-bond donors (Lipinski definition) is 0. The second kappa shape index (κ2) is 5.96. The maximum Gasteiger partial charge on any atom is 0.0435 e. The molecular weight excluding hydrogens is 302 g/mol. The van der Waals surface area contributed by atoms with Crippen LogP contribution in [0.4, 0.5) is 0 Å². The molecule has 1 saturated carbocycles. The van der Waals surface area contributed by atoms with Crippen LogP contribution in [0.25, 0.3) is 0 Å². The lowest BCUT2D eigenvalue weighted by Gasteiger charge is -2.37. The second-order valence-corrected chi connectivity index (χ2v) is 7.59. The first-order valence-corrected chi connectivity index (χ1v) is 9.09. The van der Waals surface area contributed by atoms with Gasteiger partial charge in [-0.05, 0) is 68.0 Å². The lowest BCUT2D eigenvalue weighted by molar-refractivity contribution is 0.208. The summed E-state index contributed by atoms with van der Waals surface area (Å²) in [6, 6.07) is 17.0. The summed E-state index contributed by atoms with van der Waals surface area (Å²) in [6.07, 6.45) is 5.21. The number of aryl methyl sites for hydroxylation is 1. The maximum atomic E-state index is 6.22. The highest BCUT2D eigenvalue weighted by Gasteiger charge is 2.36. The molecule has 2 heteroatoms. The van der Waals surface area contributed by atoms with Crippen LogP contribution in [0.5, 0.6) is 0 Å². The summed E-state index contributed by atoms with van der Waals surface area (Å²) in [7, 11) is 2.31. The molecule has 0 radical (unpaired) electrons. The zero-order valence-corrected chi connectivity index (χ0v) is 14.7. The van der Waals surface area contributed by atoms with Crippen LogP contribution in [-0.4, -0.2) is 18.0 Å². The third-order valence-corrected chi connectivity index (χ3v) is 6.08. The van der Waals surface area contributed by atoms with Crippen molar-refractivity contribution in [2.24, 2.45) is 0 Å². The van der Waals surface area contributed by atoms with E-state index >= 15 is 0 Å². The molecule has 2 aliphatic carbocycles. The molecule has 120 valence electrons. The molecule has 2 atom stereocenters. The van der Waals surface area contributed by atoms with Crippen LogP contribution in [0.3, 0.4) is 0 Å². The minimum absolute atomic E-state index is 0.506. The summed E-state index contributed by atoms with van der Waals surface area (Å²) in [5.74, 6) is 0.506. The average Bonchev–Trinajstić information content (AvgIpc) is 3.41. The number of fused-ring (bicyclic) bond motifs is 1. The van der Waals surface area contributed by atoms with Crippen LogP contribution in [0.2, 0.25) is 5.02 Å². The largest absolute Gasteiger partial charge is 0.296 e. The molecule has 2 unspecified atom stereocenters. The number of halogens is 1. The molecule has 0 amide bonds. The van der Waals surface area contributed by atoms with Gasteiger partial charge in [-0.2, -0.15) is 0 Å². The molecule has 0 aromatic heterocycles. The molecule has 0 N–H and O–H groups in total. The van der Waals surface area contributed by atoms with Crippen LogP contribution < -0.4 is 0 Å². The molecule has 0 aliphatic heterocycles. The quantitative estimate of drug-likeness (QED) is 0.698. The first-order valence-electron chi connectivity index (χ1n) is 8.72. The molecule has 2 aromatic rings. The summed E-state index contributed by atoms with van der Waals surface area (Å²) in [5.41, 5.74) is 5.63. The van der Waals surface area contributed by atoms with Crippen LogP contribution in [0.1, 0.15) is 59.9 Å². The Bertz CT molecular complexity index is 720. The van der Waals surface area contributed by atoms with Gasteiger partial charge in [0.15, 0.2) is 0 Å². The highest BCUT2D eigenvalue weighted by molar-refractivity contribution is 6.31. The zero-order chi connectivity index (χ0) is 16.0. The van der Waals surface area contributed by atoms with Crippen LogP contribution in [0.15, 0.2) is 42.5 Å². The predicted octanol–water partition coefficient (Wildman–Crippen LogP) is 5.71. The van der Waals surface area contributed by atoms with Crippen molar-refractivity contribution in [1.29, 1.82) is 0 Å². The molecule has 0 spiro atoms. The van der Waals surface area contributed by atoms with Crippen molar-refractivity contribution in [3.63, 3.8) is 0 Å². The fraction of sp³-hybridized carbons (Fsp3) is 0.429. The van der Waals surface area contributed by atoms with E-state index in [1.165, 1.54) is 47.9 Å². The molecule has 1 fully saturated rings. The molecule has 0 bridgehead atoms. The van der Waals surface area contributed by atoms with E-state index in [1.807, 2.05) is 0 Å². The Morgan fingerprint density at radius 2 is 1.70 bits per heavy atom. The third kappa shape index (κ3) is 2.81. The van der Waals surface area contributed by atoms with Crippen LogP contribution in [-0.2, 0) is 0 Å². The molecule has 23 heavy (non-hydrogen) atoms. The van der Waals surface area contributed by atoms with Crippen molar-refractivity contribution in [2.75, 3.05) is 7.05 Å². The Kier molecular flexibility index (Phi) is 3.95. The topological polar surface area (TPSA) is 3.24 Å². The van der Waals surface area contributed by atoms with Gasteiger partial charge >= 0.3 is 0 Å². The number of hydrogen-bond acceptors (Lipinski definition) is 1. The molecule has 2 aliphatic rings. The molecule has 0 heterocycles.